The number of nitrogens with one attached hydrogen (secondary N) is 1. The van der Waals surface area contributed by atoms with Crippen molar-refractivity contribution in [2.45, 2.75) is 0 Å². The van der Waals surface area contributed by atoms with Crippen molar-refractivity contribution in [3.05, 3.63) is 29.3 Å². The molecule has 0 saturated carbocycles. The molecule has 0 amide bonds. The molecule has 3 heteroatoms. The SMILES string of the molecule is SCNc1cccc(Cl)c1. The molecule has 0 aliphatic heterocycles. The fourth-order valence-electron chi connectivity index (χ4n) is 0.690. The van der Waals surface area contributed by atoms with Crippen LogP contribution >= 0.6 is 24.2 Å². The quantitative estimate of drug-likeness (QED) is 0.518. The molecule has 0 unspecified atom stereocenters. The highest BCUT2D eigenvalue weighted by Crippen LogP contribution is 2.14. The van der Waals surface area contributed by atoms with E-state index in [0.29, 0.717) is 5.88 Å². The Labute approximate surface area is 70.8 Å². The first kappa shape index (κ1) is 7.76. The van der Waals surface area contributed by atoms with Gasteiger partial charge in [-0.05, 0) is 18.2 Å². The second kappa shape index (κ2) is 3.74. The molecule has 1 rings (SSSR count). The molecule has 0 saturated heterocycles. The number of thiol groups is 1. The lowest BCUT2D eigenvalue weighted by Gasteiger charge is -2.00. The molecule has 0 aliphatic carbocycles. The molecular formula is C7H8ClNS. The molecule has 0 heterocycles. The van der Waals surface area contributed by atoms with Gasteiger partial charge < -0.3 is 5.32 Å². The van der Waals surface area contributed by atoms with Gasteiger partial charge in [0.25, 0.3) is 0 Å². The van der Waals surface area contributed by atoms with Gasteiger partial charge in [0, 0.05) is 10.7 Å². The van der Waals surface area contributed by atoms with E-state index < -0.39 is 0 Å². The number of benzene rings is 1. The van der Waals surface area contributed by atoms with Crippen molar-refractivity contribution in [2.24, 2.45) is 0 Å². The van der Waals surface area contributed by atoms with Gasteiger partial charge in [-0.15, -0.1) is 0 Å². The lowest BCUT2D eigenvalue weighted by atomic mass is 10.3. The zero-order valence-electron chi connectivity index (χ0n) is 5.34. The summed E-state index contributed by atoms with van der Waals surface area (Å²) in [5, 5.41) is 3.77. The maximum atomic E-state index is 5.72. The lowest BCUT2D eigenvalue weighted by molar-refractivity contribution is 1.47. The van der Waals surface area contributed by atoms with E-state index in [1.165, 1.54) is 0 Å². The summed E-state index contributed by atoms with van der Waals surface area (Å²) in [5.41, 5.74) is 1.00. The molecule has 1 aromatic carbocycles. The summed E-state index contributed by atoms with van der Waals surface area (Å²) in [6.45, 7) is 0. The highest BCUT2D eigenvalue weighted by atomic mass is 35.5. The van der Waals surface area contributed by atoms with E-state index in [1.54, 1.807) is 0 Å². The minimum absolute atomic E-state index is 0.625. The third-order valence-electron chi connectivity index (χ3n) is 1.11. The molecule has 0 aliphatic rings. The van der Waals surface area contributed by atoms with Gasteiger partial charge in [0.15, 0.2) is 0 Å². The van der Waals surface area contributed by atoms with Crippen molar-refractivity contribution < 1.29 is 0 Å². The monoisotopic (exact) mass is 173 g/mol. The van der Waals surface area contributed by atoms with Crippen LogP contribution in [0.4, 0.5) is 5.69 Å². The molecule has 0 radical (unpaired) electrons. The Morgan fingerprint density at radius 2 is 2.30 bits per heavy atom. The molecule has 0 atom stereocenters. The summed E-state index contributed by atoms with van der Waals surface area (Å²) in [7, 11) is 0. The van der Waals surface area contributed by atoms with Crippen LogP contribution in [-0.4, -0.2) is 5.88 Å². The van der Waals surface area contributed by atoms with Crippen LogP contribution in [0.3, 0.4) is 0 Å². The van der Waals surface area contributed by atoms with E-state index in [9.17, 15) is 0 Å². The Morgan fingerprint density at radius 3 is 2.90 bits per heavy atom. The number of hydrogen-bond donors (Lipinski definition) is 2. The Morgan fingerprint density at radius 1 is 1.50 bits per heavy atom. The maximum absolute atomic E-state index is 5.72. The van der Waals surface area contributed by atoms with Crippen LogP contribution in [0.2, 0.25) is 5.02 Å². The highest BCUT2D eigenvalue weighted by molar-refractivity contribution is 7.80. The van der Waals surface area contributed by atoms with Gasteiger partial charge in [-0.2, -0.15) is 12.6 Å². The van der Waals surface area contributed by atoms with E-state index in [2.05, 4.69) is 17.9 Å². The number of halogens is 1. The van der Waals surface area contributed by atoms with Gasteiger partial charge in [0.1, 0.15) is 0 Å². The van der Waals surface area contributed by atoms with Crippen LogP contribution in [0.1, 0.15) is 0 Å². The van der Waals surface area contributed by atoms with E-state index >= 15 is 0 Å². The van der Waals surface area contributed by atoms with Gasteiger partial charge in [0.2, 0.25) is 0 Å². The van der Waals surface area contributed by atoms with Crippen LogP contribution in [0.25, 0.3) is 0 Å². The van der Waals surface area contributed by atoms with Crippen LogP contribution in [0.5, 0.6) is 0 Å². The molecule has 54 valence electrons. The normalized spacial score (nSPS) is 9.40. The largest absolute Gasteiger partial charge is 0.376 e. The summed E-state index contributed by atoms with van der Waals surface area (Å²) in [6, 6.07) is 7.54. The third kappa shape index (κ3) is 2.12. The van der Waals surface area contributed by atoms with Gasteiger partial charge in [0.05, 0.1) is 5.88 Å². The Hall–Kier alpha value is -0.340. The molecule has 0 spiro atoms. The fraction of sp³-hybridized carbons (Fsp3) is 0.143. The number of hydrogen-bond acceptors (Lipinski definition) is 2. The minimum atomic E-state index is 0.625. The highest BCUT2D eigenvalue weighted by Gasteiger charge is 1.88. The topological polar surface area (TPSA) is 12.0 Å². The number of rotatable bonds is 2. The third-order valence-corrected chi connectivity index (χ3v) is 1.50. The van der Waals surface area contributed by atoms with E-state index in [0.717, 1.165) is 10.7 Å². The standard InChI is InChI=1S/C7H8ClNS/c8-6-2-1-3-7(4-6)9-5-10/h1-4,9-10H,5H2. The molecule has 0 bridgehead atoms. The molecule has 0 fully saturated rings. The van der Waals surface area contributed by atoms with Crippen molar-refractivity contribution >= 4 is 29.9 Å². The van der Waals surface area contributed by atoms with Crippen molar-refractivity contribution in [1.82, 2.24) is 0 Å². The van der Waals surface area contributed by atoms with Gasteiger partial charge >= 0.3 is 0 Å². The smallest absolute Gasteiger partial charge is 0.0581 e. The summed E-state index contributed by atoms with van der Waals surface area (Å²) >= 11 is 9.73. The maximum Gasteiger partial charge on any atom is 0.0581 e. The molecule has 0 aromatic heterocycles. The summed E-state index contributed by atoms with van der Waals surface area (Å²) < 4.78 is 0. The summed E-state index contributed by atoms with van der Waals surface area (Å²) in [6.07, 6.45) is 0. The van der Waals surface area contributed by atoms with Crippen molar-refractivity contribution in [1.29, 1.82) is 0 Å². The van der Waals surface area contributed by atoms with Crippen LogP contribution in [0, 0.1) is 0 Å². The van der Waals surface area contributed by atoms with E-state index in [-0.39, 0.29) is 0 Å². The van der Waals surface area contributed by atoms with E-state index in [1.807, 2.05) is 24.3 Å². The summed E-state index contributed by atoms with van der Waals surface area (Å²) in [4.78, 5) is 0. The van der Waals surface area contributed by atoms with Crippen LogP contribution in [-0.2, 0) is 0 Å². The van der Waals surface area contributed by atoms with Gasteiger partial charge in [-0.3, -0.25) is 0 Å². The van der Waals surface area contributed by atoms with Crippen molar-refractivity contribution in [3.8, 4) is 0 Å². The van der Waals surface area contributed by atoms with E-state index in [4.69, 9.17) is 11.6 Å². The zero-order valence-corrected chi connectivity index (χ0v) is 6.99. The van der Waals surface area contributed by atoms with Crippen LogP contribution in [0.15, 0.2) is 24.3 Å². The average molecular weight is 174 g/mol. The van der Waals surface area contributed by atoms with Gasteiger partial charge in [-0.1, -0.05) is 17.7 Å². The predicted octanol–water partition coefficient (Wildman–Crippen LogP) is 2.64. The minimum Gasteiger partial charge on any atom is -0.376 e. The zero-order chi connectivity index (χ0) is 7.40. The Bertz CT molecular complexity index is 215. The second-order valence-electron chi connectivity index (χ2n) is 1.85. The first-order valence-electron chi connectivity index (χ1n) is 2.93. The summed E-state index contributed by atoms with van der Waals surface area (Å²) in [5.74, 6) is 0.625. The first-order valence-corrected chi connectivity index (χ1v) is 3.94. The van der Waals surface area contributed by atoms with Crippen molar-refractivity contribution in [2.75, 3.05) is 11.2 Å². The molecule has 1 nitrogen and oxygen atoms in total. The van der Waals surface area contributed by atoms with Gasteiger partial charge in [-0.25, -0.2) is 0 Å². The first-order chi connectivity index (χ1) is 4.83. The Kier molecular flexibility index (Phi) is 2.90. The molecular weight excluding hydrogens is 166 g/mol. The van der Waals surface area contributed by atoms with Crippen molar-refractivity contribution in [3.63, 3.8) is 0 Å². The molecule has 1 N–H and O–H groups in total. The Balaban J connectivity index is 2.75. The predicted molar refractivity (Wildman–Crippen MR) is 48.9 cm³/mol. The number of anilines is 1. The average Bonchev–Trinajstić information content (AvgIpc) is 1.88. The lowest BCUT2D eigenvalue weighted by Crippen LogP contribution is -1.92. The van der Waals surface area contributed by atoms with Crippen LogP contribution < -0.4 is 5.32 Å². The molecule has 10 heavy (non-hydrogen) atoms. The fourth-order valence-corrected chi connectivity index (χ4v) is 1.06. The molecule has 1 aromatic rings. The second-order valence-corrected chi connectivity index (χ2v) is 2.60.